The number of benzene rings is 1. The van der Waals surface area contributed by atoms with Gasteiger partial charge in [-0.2, -0.15) is 0 Å². The van der Waals surface area contributed by atoms with Crippen LogP contribution in [0.2, 0.25) is 0 Å². The second kappa shape index (κ2) is 7.40. The highest BCUT2D eigenvalue weighted by Gasteiger charge is 2.28. The van der Waals surface area contributed by atoms with Crippen LogP contribution in [-0.2, 0) is 11.4 Å². The van der Waals surface area contributed by atoms with Crippen molar-refractivity contribution in [1.82, 2.24) is 15.6 Å². The number of rotatable bonds is 5. The van der Waals surface area contributed by atoms with Crippen LogP contribution < -0.4 is 10.6 Å². The molecule has 0 spiro atoms. The summed E-state index contributed by atoms with van der Waals surface area (Å²) in [6.45, 7) is 2.32. The average Bonchev–Trinajstić information content (AvgIpc) is 3.23. The van der Waals surface area contributed by atoms with Gasteiger partial charge in [0, 0.05) is 6.54 Å². The molecule has 1 aromatic carbocycles. The summed E-state index contributed by atoms with van der Waals surface area (Å²) in [4.78, 5) is 17.3. The van der Waals surface area contributed by atoms with E-state index in [1.807, 2.05) is 31.2 Å². The van der Waals surface area contributed by atoms with Gasteiger partial charge in [-0.15, -0.1) is 11.3 Å². The number of carbonyl (C=O) groups excluding carboxylic acids is 1. The van der Waals surface area contributed by atoms with Gasteiger partial charge in [0.15, 0.2) is 0 Å². The summed E-state index contributed by atoms with van der Waals surface area (Å²) < 4.78 is 0. The molecule has 0 saturated carbocycles. The normalized spacial score (nSPS) is 21.6. The van der Waals surface area contributed by atoms with Gasteiger partial charge in [0.05, 0.1) is 40.9 Å². The van der Waals surface area contributed by atoms with E-state index < -0.39 is 6.10 Å². The van der Waals surface area contributed by atoms with Gasteiger partial charge in [0.25, 0.3) is 0 Å². The molecule has 1 amide bonds. The Bertz CT molecular complexity index is 701. The smallest absolute Gasteiger partial charge is 0.237 e. The standard InChI is InChI=1S/C17H21N3O3S/c1-10(20-17(23)14-6-13(22)7-18-14)11-2-4-12(5-3-11)16-15(8-21)19-9-24-16/h2-5,9-10,13-14,18,21-22H,6-8H2,1H3,(H,20,23)/t10?,13-,14+/m1/s1. The van der Waals surface area contributed by atoms with Crippen LogP contribution in [0.15, 0.2) is 29.8 Å². The summed E-state index contributed by atoms with van der Waals surface area (Å²) in [7, 11) is 0. The lowest BCUT2D eigenvalue weighted by Gasteiger charge is -2.18. The van der Waals surface area contributed by atoms with E-state index in [1.165, 1.54) is 11.3 Å². The molecule has 2 heterocycles. The third-order valence-electron chi connectivity index (χ3n) is 4.25. The number of aliphatic hydroxyl groups excluding tert-OH is 2. The maximum atomic E-state index is 12.2. The topological polar surface area (TPSA) is 94.5 Å². The molecule has 1 saturated heterocycles. The molecule has 7 heteroatoms. The van der Waals surface area contributed by atoms with E-state index >= 15 is 0 Å². The lowest BCUT2D eigenvalue weighted by molar-refractivity contribution is -0.123. The molecule has 1 aliphatic heterocycles. The fourth-order valence-corrected chi connectivity index (χ4v) is 3.66. The Kier molecular flexibility index (Phi) is 5.25. The minimum Gasteiger partial charge on any atom is -0.392 e. The Labute approximate surface area is 144 Å². The van der Waals surface area contributed by atoms with Gasteiger partial charge in [-0.1, -0.05) is 24.3 Å². The van der Waals surface area contributed by atoms with Crippen molar-refractivity contribution in [3.05, 3.63) is 41.0 Å². The summed E-state index contributed by atoms with van der Waals surface area (Å²) in [6, 6.07) is 7.44. The SMILES string of the molecule is CC(NC(=O)[C@@H]1C[C@@H](O)CN1)c1ccc(-c2scnc2CO)cc1. The second-order valence-electron chi connectivity index (χ2n) is 5.99. The third kappa shape index (κ3) is 3.64. The Hall–Kier alpha value is -1.80. The molecule has 6 nitrogen and oxygen atoms in total. The molecule has 1 unspecified atom stereocenters. The van der Waals surface area contributed by atoms with Gasteiger partial charge in [0.1, 0.15) is 0 Å². The summed E-state index contributed by atoms with van der Waals surface area (Å²) in [5.41, 5.74) is 4.41. The molecule has 0 radical (unpaired) electrons. The predicted molar refractivity (Wildman–Crippen MR) is 92.4 cm³/mol. The number of amides is 1. The largest absolute Gasteiger partial charge is 0.392 e. The number of carbonyl (C=O) groups is 1. The molecule has 1 fully saturated rings. The molecule has 1 aliphatic rings. The van der Waals surface area contributed by atoms with Crippen LogP contribution in [0.3, 0.4) is 0 Å². The second-order valence-corrected chi connectivity index (χ2v) is 6.84. The molecule has 24 heavy (non-hydrogen) atoms. The molecule has 128 valence electrons. The summed E-state index contributed by atoms with van der Waals surface area (Å²) in [5.74, 6) is -0.0897. The lowest BCUT2D eigenvalue weighted by Crippen LogP contribution is -2.41. The molecule has 0 bridgehead atoms. The van der Waals surface area contributed by atoms with Crippen molar-refractivity contribution in [2.45, 2.75) is 38.1 Å². The van der Waals surface area contributed by atoms with Crippen LogP contribution in [0.5, 0.6) is 0 Å². The predicted octanol–water partition coefficient (Wildman–Crippen LogP) is 1.20. The van der Waals surface area contributed by atoms with E-state index in [1.54, 1.807) is 5.51 Å². The van der Waals surface area contributed by atoms with E-state index in [9.17, 15) is 15.0 Å². The van der Waals surface area contributed by atoms with Crippen LogP contribution in [0.4, 0.5) is 0 Å². The summed E-state index contributed by atoms with van der Waals surface area (Å²) >= 11 is 1.50. The van der Waals surface area contributed by atoms with E-state index in [-0.39, 0.29) is 24.6 Å². The zero-order chi connectivity index (χ0) is 17.1. The first kappa shape index (κ1) is 17.0. The number of nitrogens with zero attached hydrogens (tertiary/aromatic N) is 1. The van der Waals surface area contributed by atoms with Gasteiger partial charge in [-0.3, -0.25) is 4.79 Å². The van der Waals surface area contributed by atoms with Crippen molar-refractivity contribution in [2.24, 2.45) is 0 Å². The molecule has 3 rings (SSSR count). The van der Waals surface area contributed by atoms with Crippen LogP contribution in [0.25, 0.3) is 10.4 Å². The zero-order valence-corrected chi connectivity index (χ0v) is 14.2. The number of hydrogen-bond acceptors (Lipinski definition) is 6. The van der Waals surface area contributed by atoms with Crippen LogP contribution in [-0.4, -0.2) is 39.8 Å². The highest BCUT2D eigenvalue weighted by Crippen LogP contribution is 2.28. The first-order chi connectivity index (χ1) is 11.6. The number of nitrogens with one attached hydrogen (secondary N) is 2. The Balaban J connectivity index is 1.65. The molecule has 0 aliphatic carbocycles. The molecule has 3 atom stereocenters. The molecular weight excluding hydrogens is 326 g/mol. The van der Waals surface area contributed by atoms with Crippen LogP contribution in [0, 0.1) is 0 Å². The zero-order valence-electron chi connectivity index (χ0n) is 13.4. The number of thiazole rings is 1. The van der Waals surface area contributed by atoms with Gasteiger partial charge in [-0.05, 0) is 24.5 Å². The maximum Gasteiger partial charge on any atom is 0.237 e. The fraction of sp³-hybridized carbons (Fsp3) is 0.412. The molecule has 2 aromatic rings. The van der Waals surface area contributed by atoms with Crippen molar-refractivity contribution < 1.29 is 15.0 Å². The monoisotopic (exact) mass is 347 g/mol. The van der Waals surface area contributed by atoms with E-state index in [2.05, 4.69) is 15.6 Å². The van der Waals surface area contributed by atoms with Crippen molar-refractivity contribution in [3.63, 3.8) is 0 Å². The minimum atomic E-state index is -0.449. The number of aromatic nitrogens is 1. The first-order valence-electron chi connectivity index (χ1n) is 7.94. The maximum absolute atomic E-state index is 12.2. The van der Waals surface area contributed by atoms with Crippen LogP contribution in [0.1, 0.15) is 30.6 Å². The molecule has 4 N–H and O–H groups in total. The van der Waals surface area contributed by atoms with Crippen molar-refractivity contribution in [1.29, 1.82) is 0 Å². The number of aliphatic hydroxyl groups is 2. The minimum absolute atomic E-state index is 0.0761. The Morgan fingerprint density at radius 3 is 2.83 bits per heavy atom. The van der Waals surface area contributed by atoms with E-state index in [0.29, 0.717) is 18.7 Å². The van der Waals surface area contributed by atoms with E-state index in [0.717, 1.165) is 16.0 Å². The van der Waals surface area contributed by atoms with Gasteiger partial charge >= 0.3 is 0 Å². The third-order valence-corrected chi connectivity index (χ3v) is 5.16. The van der Waals surface area contributed by atoms with Crippen LogP contribution >= 0.6 is 11.3 Å². The highest BCUT2D eigenvalue weighted by molar-refractivity contribution is 7.13. The molecular formula is C17H21N3O3S. The summed E-state index contributed by atoms with van der Waals surface area (Å²) in [5, 5.41) is 24.8. The lowest BCUT2D eigenvalue weighted by atomic mass is 10.0. The van der Waals surface area contributed by atoms with Gasteiger partial charge in [0.2, 0.25) is 5.91 Å². The quantitative estimate of drug-likeness (QED) is 0.652. The van der Waals surface area contributed by atoms with Crippen molar-refractivity contribution in [2.75, 3.05) is 6.54 Å². The van der Waals surface area contributed by atoms with Gasteiger partial charge < -0.3 is 20.8 Å². The first-order valence-corrected chi connectivity index (χ1v) is 8.82. The highest BCUT2D eigenvalue weighted by atomic mass is 32.1. The number of hydrogen-bond donors (Lipinski definition) is 4. The Morgan fingerprint density at radius 1 is 1.46 bits per heavy atom. The Morgan fingerprint density at radius 2 is 2.21 bits per heavy atom. The average molecular weight is 347 g/mol. The molecule has 1 aromatic heterocycles. The fourth-order valence-electron chi connectivity index (χ4n) is 2.85. The summed E-state index contributed by atoms with van der Waals surface area (Å²) in [6.07, 6.45) is 0.00255. The van der Waals surface area contributed by atoms with Crippen molar-refractivity contribution >= 4 is 17.2 Å². The van der Waals surface area contributed by atoms with E-state index in [4.69, 9.17) is 0 Å². The number of β-amino-alcohol motifs (C(OH)–C–C–N with tert-alkyl or cyclic N) is 1. The van der Waals surface area contributed by atoms with Gasteiger partial charge in [-0.25, -0.2) is 4.98 Å². The van der Waals surface area contributed by atoms with Crippen molar-refractivity contribution in [3.8, 4) is 10.4 Å².